The standard InChI is InChI=1S/C17H24N2O3/c1-3-15-12-19(16(20)13(2)17(21)22)10-9-18(15)11-14-7-5-4-6-8-14/h4-8,13,15H,3,9-12H2,1-2H3,(H,21,22). The van der Waals surface area contributed by atoms with Crippen molar-refractivity contribution < 1.29 is 14.7 Å². The maximum Gasteiger partial charge on any atom is 0.315 e. The monoisotopic (exact) mass is 304 g/mol. The van der Waals surface area contributed by atoms with Crippen molar-refractivity contribution in [2.45, 2.75) is 32.9 Å². The molecule has 1 N–H and O–H groups in total. The number of carboxylic acids is 1. The van der Waals surface area contributed by atoms with Crippen LogP contribution in [0.5, 0.6) is 0 Å². The molecule has 1 heterocycles. The van der Waals surface area contributed by atoms with Gasteiger partial charge in [0.2, 0.25) is 5.91 Å². The lowest BCUT2D eigenvalue weighted by atomic mass is 10.0. The van der Waals surface area contributed by atoms with Crippen molar-refractivity contribution in [3.8, 4) is 0 Å². The second-order valence-corrected chi connectivity index (χ2v) is 5.86. The van der Waals surface area contributed by atoms with Crippen LogP contribution in [0, 0.1) is 5.92 Å². The SMILES string of the molecule is CCC1CN(C(=O)C(C)C(=O)O)CCN1Cc1ccccc1. The molecule has 0 aromatic heterocycles. The Labute approximate surface area is 131 Å². The molecule has 0 aliphatic carbocycles. The lowest BCUT2D eigenvalue weighted by Crippen LogP contribution is -2.55. The summed E-state index contributed by atoms with van der Waals surface area (Å²) in [5.74, 6) is -2.28. The van der Waals surface area contributed by atoms with Gasteiger partial charge in [-0.2, -0.15) is 0 Å². The molecule has 1 saturated heterocycles. The highest BCUT2D eigenvalue weighted by Gasteiger charge is 2.32. The largest absolute Gasteiger partial charge is 0.481 e. The van der Waals surface area contributed by atoms with Crippen LogP contribution in [-0.2, 0) is 16.1 Å². The van der Waals surface area contributed by atoms with Gasteiger partial charge in [-0.1, -0.05) is 37.3 Å². The Morgan fingerprint density at radius 3 is 2.55 bits per heavy atom. The molecule has 1 aromatic carbocycles. The molecule has 120 valence electrons. The van der Waals surface area contributed by atoms with Crippen LogP contribution in [0.15, 0.2) is 30.3 Å². The number of hydrogen-bond acceptors (Lipinski definition) is 3. The fourth-order valence-electron chi connectivity index (χ4n) is 2.89. The molecular formula is C17H24N2O3. The van der Waals surface area contributed by atoms with Crippen LogP contribution in [-0.4, -0.2) is 52.5 Å². The van der Waals surface area contributed by atoms with Crippen molar-refractivity contribution in [2.24, 2.45) is 5.92 Å². The van der Waals surface area contributed by atoms with Gasteiger partial charge in [0.1, 0.15) is 5.92 Å². The van der Waals surface area contributed by atoms with Crippen LogP contribution in [0.4, 0.5) is 0 Å². The quantitative estimate of drug-likeness (QED) is 0.843. The number of amides is 1. The fraction of sp³-hybridized carbons (Fsp3) is 0.529. The van der Waals surface area contributed by atoms with E-state index in [0.29, 0.717) is 13.1 Å². The highest BCUT2D eigenvalue weighted by molar-refractivity contribution is 5.96. The molecule has 1 aliphatic heterocycles. The summed E-state index contributed by atoms with van der Waals surface area (Å²) >= 11 is 0. The topological polar surface area (TPSA) is 60.9 Å². The van der Waals surface area contributed by atoms with E-state index in [-0.39, 0.29) is 11.9 Å². The Morgan fingerprint density at radius 2 is 1.95 bits per heavy atom. The Morgan fingerprint density at radius 1 is 1.27 bits per heavy atom. The summed E-state index contributed by atoms with van der Waals surface area (Å²) in [6, 6.07) is 10.6. The first-order chi connectivity index (χ1) is 10.5. The highest BCUT2D eigenvalue weighted by atomic mass is 16.4. The lowest BCUT2D eigenvalue weighted by Gasteiger charge is -2.41. The van der Waals surface area contributed by atoms with Gasteiger partial charge < -0.3 is 10.0 Å². The van der Waals surface area contributed by atoms with E-state index in [1.807, 2.05) is 18.2 Å². The summed E-state index contributed by atoms with van der Waals surface area (Å²) in [6.45, 7) is 6.43. The van der Waals surface area contributed by atoms with Gasteiger partial charge in [0.25, 0.3) is 0 Å². The minimum Gasteiger partial charge on any atom is -0.481 e. The molecule has 0 radical (unpaired) electrons. The first-order valence-electron chi connectivity index (χ1n) is 7.82. The van der Waals surface area contributed by atoms with Crippen molar-refractivity contribution in [3.63, 3.8) is 0 Å². The molecule has 1 fully saturated rings. The van der Waals surface area contributed by atoms with Crippen LogP contribution in [0.2, 0.25) is 0 Å². The predicted octanol–water partition coefficient (Wildman–Crippen LogP) is 1.83. The average Bonchev–Trinajstić information content (AvgIpc) is 2.54. The highest BCUT2D eigenvalue weighted by Crippen LogP contribution is 2.18. The summed E-state index contributed by atoms with van der Waals surface area (Å²) in [7, 11) is 0. The van der Waals surface area contributed by atoms with Gasteiger partial charge in [-0.25, -0.2) is 0 Å². The molecule has 2 atom stereocenters. The molecule has 22 heavy (non-hydrogen) atoms. The molecule has 0 spiro atoms. The zero-order valence-corrected chi connectivity index (χ0v) is 13.2. The van der Waals surface area contributed by atoms with Gasteiger partial charge in [-0.05, 0) is 18.9 Å². The number of carboxylic acid groups (broad SMARTS) is 1. The molecule has 1 amide bonds. The van der Waals surface area contributed by atoms with Crippen molar-refractivity contribution >= 4 is 11.9 Å². The summed E-state index contributed by atoms with van der Waals surface area (Å²) in [6.07, 6.45) is 0.943. The van der Waals surface area contributed by atoms with E-state index in [1.165, 1.54) is 12.5 Å². The van der Waals surface area contributed by atoms with E-state index in [4.69, 9.17) is 5.11 Å². The third-order valence-corrected chi connectivity index (χ3v) is 4.36. The maximum absolute atomic E-state index is 12.2. The first-order valence-corrected chi connectivity index (χ1v) is 7.82. The minimum absolute atomic E-state index is 0.273. The number of rotatable bonds is 5. The Balaban J connectivity index is 1.99. The number of nitrogens with zero attached hydrogens (tertiary/aromatic N) is 2. The van der Waals surface area contributed by atoms with Gasteiger partial charge in [0, 0.05) is 32.2 Å². The van der Waals surface area contributed by atoms with E-state index < -0.39 is 11.9 Å². The number of aliphatic carboxylic acids is 1. The molecule has 1 aromatic rings. The summed E-state index contributed by atoms with van der Waals surface area (Å²) < 4.78 is 0. The van der Waals surface area contributed by atoms with Gasteiger partial charge in [-0.15, -0.1) is 0 Å². The minimum atomic E-state index is -1.05. The van der Waals surface area contributed by atoms with Crippen LogP contribution >= 0.6 is 0 Å². The Bertz CT molecular complexity index is 518. The van der Waals surface area contributed by atoms with Gasteiger partial charge in [0.15, 0.2) is 0 Å². The summed E-state index contributed by atoms with van der Waals surface area (Å²) in [5.41, 5.74) is 1.26. The Kier molecular flexibility index (Phi) is 5.55. The lowest BCUT2D eigenvalue weighted by molar-refractivity contribution is -0.151. The number of carbonyl (C=O) groups excluding carboxylic acids is 1. The Hall–Kier alpha value is -1.88. The van der Waals surface area contributed by atoms with E-state index in [0.717, 1.165) is 19.5 Å². The molecule has 2 rings (SSSR count). The molecule has 0 bridgehead atoms. The van der Waals surface area contributed by atoms with Crippen molar-refractivity contribution in [1.82, 2.24) is 9.80 Å². The van der Waals surface area contributed by atoms with Gasteiger partial charge in [-0.3, -0.25) is 14.5 Å². The van der Waals surface area contributed by atoms with Crippen LogP contribution in [0.3, 0.4) is 0 Å². The molecular weight excluding hydrogens is 280 g/mol. The maximum atomic E-state index is 12.2. The van der Waals surface area contributed by atoms with E-state index in [2.05, 4.69) is 24.0 Å². The zero-order valence-electron chi connectivity index (χ0n) is 13.2. The van der Waals surface area contributed by atoms with Crippen LogP contribution in [0.1, 0.15) is 25.8 Å². The van der Waals surface area contributed by atoms with Crippen molar-refractivity contribution in [1.29, 1.82) is 0 Å². The summed E-state index contributed by atoms with van der Waals surface area (Å²) in [5, 5.41) is 9.00. The normalized spacial score (nSPS) is 20.6. The third-order valence-electron chi connectivity index (χ3n) is 4.36. The fourth-order valence-corrected chi connectivity index (χ4v) is 2.89. The molecule has 1 aliphatic rings. The second kappa shape index (κ2) is 7.40. The van der Waals surface area contributed by atoms with E-state index >= 15 is 0 Å². The molecule has 2 unspecified atom stereocenters. The van der Waals surface area contributed by atoms with E-state index in [9.17, 15) is 9.59 Å². The predicted molar refractivity (Wildman–Crippen MR) is 84.3 cm³/mol. The van der Waals surface area contributed by atoms with Crippen LogP contribution in [0.25, 0.3) is 0 Å². The zero-order chi connectivity index (χ0) is 16.1. The smallest absolute Gasteiger partial charge is 0.315 e. The average molecular weight is 304 g/mol. The summed E-state index contributed by atoms with van der Waals surface area (Å²) in [4.78, 5) is 27.3. The molecule has 5 heteroatoms. The van der Waals surface area contributed by atoms with Gasteiger partial charge >= 0.3 is 5.97 Å². The van der Waals surface area contributed by atoms with Crippen molar-refractivity contribution in [3.05, 3.63) is 35.9 Å². The van der Waals surface area contributed by atoms with E-state index in [1.54, 1.807) is 4.90 Å². The third kappa shape index (κ3) is 3.85. The number of benzene rings is 1. The van der Waals surface area contributed by atoms with Gasteiger partial charge in [0.05, 0.1) is 0 Å². The van der Waals surface area contributed by atoms with Crippen molar-refractivity contribution in [2.75, 3.05) is 19.6 Å². The number of carbonyl (C=O) groups is 2. The molecule has 0 saturated carbocycles. The van der Waals surface area contributed by atoms with Crippen LogP contribution < -0.4 is 0 Å². The number of hydrogen-bond donors (Lipinski definition) is 1. The number of piperazine rings is 1. The second-order valence-electron chi connectivity index (χ2n) is 5.86. The first kappa shape index (κ1) is 16.5. The molecule has 5 nitrogen and oxygen atoms in total.